The molecule has 250 valence electrons. The second kappa shape index (κ2) is 17.3. The van der Waals surface area contributed by atoms with Crippen molar-refractivity contribution in [2.24, 2.45) is 5.41 Å². The quantitative estimate of drug-likeness (QED) is 0.164. The Bertz CT molecular complexity index is 1450. The predicted octanol–water partition coefficient (Wildman–Crippen LogP) is 11.3. The van der Waals surface area contributed by atoms with Crippen LogP contribution in [0.4, 0.5) is 0 Å². The van der Waals surface area contributed by atoms with Crippen molar-refractivity contribution in [1.29, 1.82) is 0 Å². The third-order valence-corrected chi connectivity index (χ3v) is 9.72. The van der Waals surface area contributed by atoms with Crippen LogP contribution in [0.3, 0.4) is 0 Å². The maximum absolute atomic E-state index is 11.8. The second-order valence-corrected chi connectivity index (χ2v) is 13.0. The van der Waals surface area contributed by atoms with Crippen molar-refractivity contribution in [3.05, 3.63) is 113 Å². The minimum Gasteiger partial charge on any atom is -0.508 e. The van der Waals surface area contributed by atoms with Crippen molar-refractivity contribution in [1.82, 2.24) is 0 Å². The van der Waals surface area contributed by atoms with Gasteiger partial charge in [0.15, 0.2) is 6.79 Å². The number of hydrogen-bond acceptors (Lipinski definition) is 4. The molecule has 0 spiro atoms. The molecule has 2 aliphatic carbocycles. The Morgan fingerprint density at radius 2 is 1.35 bits per heavy atom. The Morgan fingerprint density at radius 1 is 0.826 bits per heavy atom. The maximum Gasteiger partial charge on any atom is 0.313 e. The van der Waals surface area contributed by atoms with E-state index >= 15 is 0 Å². The average molecular weight is 627 g/mol. The summed E-state index contributed by atoms with van der Waals surface area (Å²) in [7, 11) is 0. The first-order valence-corrected chi connectivity index (χ1v) is 16.2. The Hall–Kier alpha value is -3.63. The van der Waals surface area contributed by atoms with Gasteiger partial charge in [-0.25, -0.2) is 0 Å². The van der Waals surface area contributed by atoms with Gasteiger partial charge < -0.3 is 14.6 Å². The van der Waals surface area contributed by atoms with E-state index in [1.807, 2.05) is 45.0 Å². The summed E-state index contributed by atoms with van der Waals surface area (Å²) in [4.78, 5) is 11.8. The van der Waals surface area contributed by atoms with E-state index in [-0.39, 0.29) is 33.7 Å². The van der Waals surface area contributed by atoms with Crippen molar-refractivity contribution < 1.29 is 19.4 Å². The molecule has 0 aliphatic heterocycles. The fraction of sp³-hybridized carbons (Fsp3) is 0.452. The highest BCUT2D eigenvalue weighted by Crippen LogP contribution is 2.45. The summed E-state index contributed by atoms with van der Waals surface area (Å²) >= 11 is 0. The van der Waals surface area contributed by atoms with Crippen LogP contribution < -0.4 is 0 Å². The van der Waals surface area contributed by atoms with Gasteiger partial charge in [0.05, 0.1) is 11.5 Å². The second-order valence-electron chi connectivity index (χ2n) is 13.0. The molecule has 6 rings (SSSR count). The van der Waals surface area contributed by atoms with Gasteiger partial charge in [-0.15, -0.1) is 0 Å². The van der Waals surface area contributed by atoms with Crippen LogP contribution in [0.5, 0.6) is 5.75 Å². The summed E-state index contributed by atoms with van der Waals surface area (Å²) in [6, 6.07) is 29.1. The first-order chi connectivity index (χ1) is 21.1. The molecule has 4 aromatic carbocycles. The number of hydrogen-bond donors (Lipinski definition) is 1. The molecule has 0 saturated carbocycles. The SMILES string of the molecule is C.C.CC1c2cccc3cccc(c23)C1C.CCC(C)(C)C(=O)OCOC1Cc2ccccc2C1.CCC(C)c1ccc(O)cc1. The highest BCUT2D eigenvalue weighted by Gasteiger charge is 2.28. The van der Waals surface area contributed by atoms with Crippen LogP contribution in [0.15, 0.2) is 84.9 Å². The molecular formula is C42H58O4. The number of ether oxygens (including phenoxy) is 2. The van der Waals surface area contributed by atoms with E-state index in [1.54, 1.807) is 12.1 Å². The Labute approximate surface area is 279 Å². The molecule has 46 heavy (non-hydrogen) atoms. The van der Waals surface area contributed by atoms with E-state index in [2.05, 4.69) is 76.2 Å². The Balaban J connectivity index is 0.000000244. The molecule has 0 fully saturated rings. The van der Waals surface area contributed by atoms with Crippen LogP contribution in [-0.4, -0.2) is 24.0 Å². The number of benzene rings is 4. The molecule has 3 unspecified atom stereocenters. The molecule has 1 N–H and O–H groups in total. The first-order valence-electron chi connectivity index (χ1n) is 16.2. The maximum atomic E-state index is 11.8. The van der Waals surface area contributed by atoms with Crippen LogP contribution in [0.2, 0.25) is 0 Å². The standard InChI is InChI=1S/C16H22O3.C14H14.C10H14O.2CH4/c1-4-16(2,3)15(17)19-11-18-14-9-12-7-5-6-8-13(12)10-14;1-9-10(2)13-8-4-6-11-5-3-7-12(9)14(11)13;1-3-8(2)9-4-6-10(11)7-5-9;;/h5-8,14H,4,9-11H2,1-3H3;3-10H,1-2H3;4-8,11H,3H2,1-2H3;2*1H4. The first kappa shape index (κ1) is 38.6. The van der Waals surface area contributed by atoms with Gasteiger partial charge in [0.25, 0.3) is 0 Å². The highest BCUT2D eigenvalue weighted by atomic mass is 16.7. The van der Waals surface area contributed by atoms with E-state index < -0.39 is 5.41 Å². The molecular weight excluding hydrogens is 568 g/mol. The summed E-state index contributed by atoms with van der Waals surface area (Å²) in [5.74, 6) is 2.10. The summed E-state index contributed by atoms with van der Waals surface area (Å²) in [5, 5.41) is 11.9. The summed E-state index contributed by atoms with van der Waals surface area (Å²) in [6.45, 7) is 14.8. The van der Waals surface area contributed by atoms with Gasteiger partial charge in [0, 0.05) is 0 Å². The number of carbonyl (C=O) groups is 1. The number of phenols is 1. The lowest BCUT2D eigenvalue weighted by molar-refractivity contribution is -0.170. The monoisotopic (exact) mass is 626 g/mol. The summed E-state index contributed by atoms with van der Waals surface area (Å²) in [6.07, 6.45) is 3.86. The van der Waals surface area contributed by atoms with Gasteiger partial charge in [0.1, 0.15) is 5.75 Å². The number of rotatable bonds is 7. The van der Waals surface area contributed by atoms with Crippen molar-refractivity contribution in [2.45, 2.75) is 113 Å². The normalized spacial score (nSPS) is 16.8. The van der Waals surface area contributed by atoms with Crippen LogP contribution in [0.1, 0.15) is 122 Å². The molecule has 2 aliphatic rings. The third kappa shape index (κ3) is 9.22. The van der Waals surface area contributed by atoms with Crippen LogP contribution in [-0.2, 0) is 27.1 Å². The zero-order valence-electron chi connectivity index (χ0n) is 27.6. The lowest BCUT2D eigenvalue weighted by atomic mass is 9.91. The van der Waals surface area contributed by atoms with Crippen molar-refractivity contribution in [3.8, 4) is 5.75 Å². The molecule has 0 saturated heterocycles. The molecule has 4 aromatic rings. The molecule has 0 heterocycles. The van der Waals surface area contributed by atoms with Crippen molar-refractivity contribution >= 4 is 16.7 Å². The number of phenolic OH excluding ortho intramolecular Hbond substituents is 1. The minimum atomic E-state index is -0.429. The van der Waals surface area contributed by atoms with Crippen LogP contribution >= 0.6 is 0 Å². The van der Waals surface area contributed by atoms with E-state index in [1.165, 1.54) is 38.6 Å². The molecule has 3 atom stereocenters. The van der Waals surface area contributed by atoms with Gasteiger partial charge in [-0.3, -0.25) is 4.79 Å². The lowest BCUT2D eigenvalue weighted by Gasteiger charge is -2.21. The van der Waals surface area contributed by atoms with Crippen LogP contribution in [0, 0.1) is 5.41 Å². The fourth-order valence-electron chi connectivity index (χ4n) is 5.90. The van der Waals surface area contributed by atoms with Gasteiger partial charge in [-0.1, -0.05) is 122 Å². The fourth-order valence-corrected chi connectivity index (χ4v) is 5.90. The van der Waals surface area contributed by atoms with Crippen molar-refractivity contribution in [2.75, 3.05) is 6.79 Å². The lowest BCUT2D eigenvalue weighted by Crippen LogP contribution is -2.27. The molecule has 4 heteroatoms. The zero-order chi connectivity index (χ0) is 31.9. The number of carbonyl (C=O) groups excluding carboxylic acids is 1. The van der Waals surface area contributed by atoms with Gasteiger partial charge in [-0.05, 0) is 108 Å². The van der Waals surface area contributed by atoms with E-state index in [9.17, 15) is 4.79 Å². The number of fused-ring (bicyclic) bond motifs is 1. The molecule has 4 nitrogen and oxygen atoms in total. The Kier molecular flexibility index (Phi) is 14.5. The van der Waals surface area contributed by atoms with E-state index in [0.717, 1.165) is 25.7 Å². The molecule has 0 aromatic heterocycles. The largest absolute Gasteiger partial charge is 0.508 e. The Morgan fingerprint density at radius 3 is 1.83 bits per heavy atom. The van der Waals surface area contributed by atoms with Gasteiger partial charge in [-0.2, -0.15) is 0 Å². The average Bonchev–Trinajstić information content (AvgIpc) is 3.57. The zero-order valence-corrected chi connectivity index (χ0v) is 27.6. The van der Waals surface area contributed by atoms with E-state index in [0.29, 0.717) is 23.5 Å². The third-order valence-electron chi connectivity index (χ3n) is 9.72. The van der Waals surface area contributed by atoms with Crippen LogP contribution in [0.25, 0.3) is 10.8 Å². The number of esters is 1. The predicted molar refractivity (Wildman–Crippen MR) is 195 cm³/mol. The van der Waals surface area contributed by atoms with Gasteiger partial charge in [0.2, 0.25) is 0 Å². The summed E-state index contributed by atoms with van der Waals surface area (Å²) < 4.78 is 10.9. The molecule has 0 amide bonds. The van der Waals surface area contributed by atoms with Crippen molar-refractivity contribution in [3.63, 3.8) is 0 Å². The minimum absolute atomic E-state index is 0. The smallest absolute Gasteiger partial charge is 0.313 e. The van der Waals surface area contributed by atoms with Gasteiger partial charge >= 0.3 is 5.97 Å². The topological polar surface area (TPSA) is 55.8 Å². The molecule has 0 bridgehead atoms. The highest BCUT2D eigenvalue weighted by molar-refractivity contribution is 5.92. The van der Waals surface area contributed by atoms with E-state index in [4.69, 9.17) is 14.6 Å². The molecule has 0 radical (unpaired) electrons. The summed E-state index contributed by atoms with van der Waals surface area (Å²) in [5.41, 5.74) is 6.61. The number of aromatic hydroxyl groups is 1.